The van der Waals surface area contributed by atoms with Crippen LogP contribution in [0.1, 0.15) is 43.8 Å². The summed E-state index contributed by atoms with van der Waals surface area (Å²) in [5, 5.41) is 11.2. The van der Waals surface area contributed by atoms with E-state index in [0.29, 0.717) is 24.2 Å². The Morgan fingerprint density at radius 3 is 2.92 bits per heavy atom. The lowest BCUT2D eigenvalue weighted by molar-refractivity contribution is -0.139. The van der Waals surface area contributed by atoms with E-state index in [1.165, 1.54) is 0 Å². The van der Waals surface area contributed by atoms with E-state index < -0.39 is 12.1 Å². The molecular formula is C27H33FN4O3S. The van der Waals surface area contributed by atoms with Gasteiger partial charge in [-0.3, -0.25) is 14.8 Å². The van der Waals surface area contributed by atoms with E-state index in [-0.39, 0.29) is 18.3 Å². The lowest BCUT2D eigenvalue weighted by Gasteiger charge is -2.38. The van der Waals surface area contributed by atoms with Crippen molar-refractivity contribution in [3.8, 4) is 5.75 Å². The number of pyridine rings is 1. The summed E-state index contributed by atoms with van der Waals surface area (Å²) in [7, 11) is 1.59. The topological polar surface area (TPSA) is 88.4 Å². The maximum Gasteiger partial charge on any atom is 0.303 e. The van der Waals surface area contributed by atoms with Gasteiger partial charge in [-0.1, -0.05) is 0 Å². The summed E-state index contributed by atoms with van der Waals surface area (Å²) in [4.78, 5) is 26.7. The number of thioether (sulfide) groups is 1. The van der Waals surface area contributed by atoms with Crippen molar-refractivity contribution >= 4 is 28.6 Å². The number of rotatable bonds is 12. The SMILES string of the molecule is COc1ccc2nccc(C(F)CC[C@@H]3CCN(CCCSc4cnccn4)C[C@@H]3CC(=O)O)c2c1. The van der Waals surface area contributed by atoms with Crippen LogP contribution < -0.4 is 4.74 Å². The quantitative estimate of drug-likeness (QED) is 0.254. The second-order valence-corrected chi connectivity index (χ2v) is 10.4. The minimum atomic E-state index is -1.13. The molecule has 4 rings (SSSR count). The highest BCUT2D eigenvalue weighted by atomic mass is 32.2. The van der Waals surface area contributed by atoms with Gasteiger partial charge in [-0.25, -0.2) is 9.37 Å². The first-order chi connectivity index (χ1) is 17.5. The van der Waals surface area contributed by atoms with Crippen molar-refractivity contribution in [1.82, 2.24) is 19.9 Å². The lowest BCUT2D eigenvalue weighted by Crippen LogP contribution is -2.42. The van der Waals surface area contributed by atoms with Gasteiger partial charge >= 0.3 is 5.97 Å². The van der Waals surface area contributed by atoms with Crippen LogP contribution in [0.25, 0.3) is 10.9 Å². The van der Waals surface area contributed by atoms with Crippen molar-refractivity contribution in [2.75, 3.05) is 32.5 Å². The third-order valence-electron chi connectivity index (χ3n) is 6.93. The molecule has 1 aliphatic rings. The Morgan fingerprint density at radius 2 is 2.14 bits per heavy atom. The van der Waals surface area contributed by atoms with Gasteiger partial charge in [0.25, 0.3) is 0 Å². The summed E-state index contributed by atoms with van der Waals surface area (Å²) in [6, 6.07) is 7.24. The van der Waals surface area contributed by atoms with Gasteiger partial charge in [-0.15, -0.1) is 11.8 Å². The van der Waals surface area contributed by atoms with Crippen molar-refractivity contribution < 1.29 is 19.0 Å². The summed E-state index contributed by atoms with van der Waals surface area (Å²) in [6.07, 6.45) is 8.69. The van der Waals surface area contributed by atoms with E-state index >= 15 is 4.39 Å². The van der Waals surface area contributed by atoms with Gasteiger partial charge in [0.2, 0.25) is 0 Å². The van der Waals surface area contributed by atoms with Crippen LogP contribution >= 0.6 is 11.8 Å². The largest absolute Gasteiger partial charge is 0.497 e. The Morgan fingerprint density at radius 1 is 1.25 bits per heavy atom. The molecule has 3 heterocycles. The summed E-state index contributed by atoms with van der Waals surface area (Å²) < 4.78 is 20.8. The average molecular weight is 513 g/mol. The number of alkyl halides is 1. The molecule has 1 saturated heterocycles. The second-order valence-electron chi connectivity index (χ2n) is 9.28. The molecule has 1 aromatic carbocycles. The number of methoxy groups -OCH3 is 1. The Kier molecular flexibility index (Phi) is 9.47. The van der Waals surface area contributed by atoms with Gasteiger partial charge in [0.1, 0.15) is 16.9 Å². The van der Waals surface area contributed by atoms with Crippen LogP contribution in [-0.4, -0.2) is 63.4 Å². The van der Waals surface area contributed by atoms with E-state index in [9.17, 15) is 9.90 Å². The number of piperidine rings is 1. The number of nitrogens with zero attached hydrogens (tertiary/aromatic N) is 4. The molecule has 0 spiro atoms. The standard InChI is InChI=1S/C27H33FN4O3S/c1-35-21-4-6-25-23(16-21)22(7-9-30-25)24(28)5-3-19-8-13-32(18-20(19)15-27(33)34)12-2-14-36-26-17-29-10-11-31-26/h4,6-7,9-11,16-17,19-20,24H,2-3,5,8,12-15,18H2,1H3,(H,33,34)/t19-,20+,24?/m1/s1. The molecule has 9 heteroatoms. The molecule has 36 heavy (non-hydrogen) atoms. The van der Waals surface area contributed by atoms with Gasteiger partial charge in [0, 0.05) is 42.7 Å². The molecule has 0 saturated carbocycles. The summed E-state index contributed by atoms with van der Waals surface area (Å²) in [5.41, 5.74) is 1.36. The molecule has 3 atom stereocenters. The molecule has 3 aromatic rings. The van der Waals surface area contributed by atoms with Crippen molar-refractivity contribution in [3.05, 3.63) is 54.6 Å². The van der Waals surface area contributed by atoms with Crippen LogP contribution in [0, 0.1) is 11.8 Å². The molecule has 0 aliphatic carbocycles. The Hall–Kier alpha value is -2.78. The number of fused-ring (bicyclic) bond motifs is 1. The normalized spacial score (nSPS) is 19.3. The molecule has 1 N–H and O–H groups in total. The first kappa shape index (κ1) is 26.3. The Balaban J connectivity index is 1.31. The number of aromatic nitrogens is 3. The number of carboxylic acid groups (broad SMARTS) is 1. The Labute approximate surface area is 215 Å². The molecule has 0 radical (unpaired) electrons. The molecule has 0 bridgehead atoms. The van der Waals surface area contributed by atoms with E-state index in [2.05, 4.69) is 19.9 Å². The van der Waals surface area contributed by atoms with Crippen LogP contribution in [0.2, 0.25) is 0 Å². The minimum absolute atomic E-state index is 0.0328. The number of aliphatic carboxylic acids is 1. The van der Waals surface area contributed by atoms with Crippen molar-refractivity contribution in [2.45, 2.75) is 43.3 Å². The first-order valence-electron chi connectivity index (χ1n) is 12.4. The van der Waals surface area contributed by atoms with E-state index in [0.717, 1.165) is 54.2 Å². The Bertz CT molecular complexity index is 1140. The minimum Gasteiger partial charge on any atom is -0.497 e. The number of carbonyl (C=O) groups is 1. The number of hydrogen-bond donors (Lipinski definition) is 1. The summed E-state index contributed by atoms with van der Waals surface area (Å²) in [5.74, 6) is 1.07. The van der Waals surface area contributed by atoms with Crippen molar-refractivity contribution in [1.29, 1.82) is 0 Å². The predicted octanol–water partition coefficient (Wildman–Crippen LogP) is 5.42. The molecule has 1 fully saturated rings. The summed E-state index contributed by atoms with van der Waals surface area (Å²) in [6.45, 7) is 2.59. The van der Waals surface area contributed by atoms with Crippen LogP contribution in [0.4, 0.5) is 4.39 Å². The zero-order valence-corrected chi connectivity index (χ0v) is 21.4. The zero-order chi connectivity index (χ0) is 25.3. The van der Waals surface area contributed by atoms with Gasteiger partial charge in [0.05, 0.1) is 18.8 Å². The van der Waals surface area contributed by atoms with Crippen molar-refractivity contribution in [3.63, 3.8) is 0 Å². The monoisotopic (exact) mass is 512 g/mol. The highest BCUT2D eigenvalue weighted by molar-refractivity contribution is 7.99. The average Bonchev–Trinajstić information content (AvgIpc) is 2.90. The lowest BCUT2D eigenvalue weighted by atomic mass is 9.79. The highest BCUT2D eigenvalue weighted by Crippen LogP contribution is 2.36. The number of hydrogen-bond acceptors (Lipinski definition) is 7. The highest BCUT2D eigenvalue weighted by Gasteiger charge is 2.31. The molecule has 0 amide bonds. The van der Waals surface area contributed by atoms with Crippen LogP contribution in [-0.2, 0) is 4.79 Å². The van der Waals surface area contributed by atoms with Gasteiger partial charge in [-0.2, -0.15) is 0 Å². The third-order valence-corrected chi connectivity index (χ3v) is 7.93. The van der Waals surface area contributed by atoms with E-state index in [4.69, 9.17) is 4.74 Å². The maximum absolute atomic E-state index is 15.5. The number of benzene rings is 1. The third kappa shape index (κ3) is 7.13. The fourth-order valence-electron chi connectivity index (χ4n) is 5.08. The molecular weight excluding hydrogens is 479 g/mol. The fraction of sp³-hybridized carbons (Fsp3) is 0.481. The number of halogens is 1. The van der Waals surface area contributed by atoms with Gasteiger partial charge in [-0.05, 0) is 80.4 Å². The molecule has 1 aliphatic heterocycles. The number of likely N-dealkylation sites (tertiary alicyclic amines) is 1. The summed E-state index contributed by atoms with van der Waals surface area (Å²) >= 11 is 1.68. The van der Waals surface area contributed by atoms with E-state index in [1.54, 1.807) is 49.7 Å². The number of ether oxygens (including phenoxy) is 1. The second kappa shape index (κ2) is 13.0. The molecule has 7 nitrogen and oxygen atoms in total. The van der Waals surface area contributed by atoms with Crippen LogP contribution in [0.3, 0.4) is 0 Å². The van der Waals surface area contributed by atoms with Gasteiger partial charge < -0.3 is 14.7 Å². The first-order valence-corrected chi connectivity index (χ1v) is 13.4. The molecule has 1 unspecified atom stereocenters. The van der Waals surface area contributed by atoms with Gasteiger partial charge in [0.15, 0.2) is 0 Å². The predicted molar refractivity (Wildman–Crippen MR) is 139 cm³/mol. The zero-order valence-electron chi connectivity index (χ0n) is 20.6. The molecule has 2 aromatic heterocycles. The number of carboxylic acids is 1. The maximum atomic E-state index is 15.5. The van der Waals surface area contributed by atoms with Crippen LogP contribution in [0.15, 0.2) is 54.1 Å². The van der Waals surface area contributed by atoms with Crippen molar-refractivity contribution in [2.24, 2.45) is 11.8 Å². The van der Waals surface area contributed by atoms with E-state index in [1.807, 2.05) is 18.2 Å². The van der Waals surface area contributed by atoms with Crippen LogP contribution in [0.5, 0.6) is 5.75 Å². The smallest absolute Gasteiger partial charge is 0.303 e. The molecule has 192 valence electrons. The fourth-order valence-corrected chi connectivity index (χ4v) is 5.84.